The first-order valence-electron chi connectivity index (χ1n) is 8.16. The van der Waals surface area contributed by atoms with Gasteiger partial charge in [0, 0.05) is 5.56 Å². The maximum atomic E-state index is 12.2. The van der Waals surface area contributed by atoms with Gasteiger partial charge in [-0.2, -0.15) is 10.2 Å². The lowest BCUT2D eigenvalue weighted by Gasteiger charge is -2.11. The van der Waals surface area contributed by atoms with Crippen LogP contribution in [0.2, 0.25) is 0 Å². The Bertz CT molecular complexity index is 1060. The van der Waals surface area contributed by atoms with Crippen molar-refractivity contribution >= 4 is 11.8 Å². The van der Waals surface area contributed by atoms with Crippen molar-refractivity contribution in [3.05, 3.63) is 59.7 Å². The molecule has 0 aliphatic heterocycles. The van der Waals surface area contributed by atoms with E-state index in [1.165, 1.54) is 12.1 Å². The zero-order valence-corrected chi connectivity index (χ0v) is 14.8. The summed E-state index contributed by atoms with van der Waals surface area (Å²) in [5.41, 5.74) is 13.1. The Morgan fingerprint density at radius 2 is 1.69 bits per heavy atom. The summed E-state index contributed by atoms with van der Waals surface area (Å²) in [6.45, 7) is 0.130. The molecule has 0 amide bonds. The van der Waals surface area contributed by atoms with Crippen molar-refractivity contribution < 1.29 is 22.6 Å². The van der Waals surface area contributed by atoms with E-state index in [2.05, 4.69) is 14.7 Å². The van der Waals surface area contributed by atoms with E-state index in [1.54, 1.807) is 24.3 Å². The fourth-order valence-electron chi connectivity index (χ4n) is 2.53. The molecule has 4 N–H and O–H groups in total. The summed E-state index contributed by atoms with van der Waals surface area (Å²) in [7, 11) is 0. The van der Waals surface area contributed by atoms with Crippen molar-refractivity contribution in [2.75, 3.05) is 11.5 Å². The third kappa shape index (κ3) is 5.04. The molecule has 0 unspecified atom stereocenters. The number of benzene rings is 2. The van der Waals surface area contributed by atoms with Crippen molar-refractivity contribution in [1.82, 2.24) is 9.97 Å². The van der Waals surface area contributed by atoms with Crippen LogP contribution in [0.15, 0.2) is 48.5 Å². The standard InChI is InChI=1S/C19H14F3N5O2/c20-19(21,22)29-14-6-4-13(5-7-14)28-10-11-2-1-3-12(8-11)16-15(9-23)17(24)27-18(25)26-16/h1-8H,10H2,(H4,24,25,26,27). The summed E-state index contributed by atoms with van der Waals surface area (Å²) in [5, 5.41) is 9.31. The monoisotopic (exact) mass is 401 g/mol. The van der Waals surface area contributed by atoms with E-state index in [4.69, 9.17) is 16.2 Å². The van der Waals surface area contributed by atoms with Gasteiger partial charge in [0.25, 0.3) is 0 Å². The number of nitrogen functional groups attached to an aromatic ring is 2. The fraction of sp³-hybridized carbons (Fsp3) is 0.105. The van der Waals surface area contributed by atoms with Crippen LogP contribution in [0.1, 0.15) is 11.1 Å². The van der Waals surface area contributed by atoms with E-state index in [1.807, 2.05) is 6.07 Å². The van der Waals surface area contributed by atoms with Crippen molar-refractivity contribution in [2.45, 2.75) is 13.0 Å². The molecule has 0 saturated heterocycles. The molecule has 7 nitrogen and oxygen atoms in total. The second-order valence-corrected chi connectivity index (χ2v) is 5.81. The van der Waals surface area contributed by atoms with Crippen LogP contribution in [0.4, 0.5) is 24.9 Å². The summed E-state index contributed by atoms with van der Waals surface area (Å²) in [6, 6.07) is 14.0. The molecular weight excluding hydrogens is 387 g/mol. The molecule has 0 spiro atoms. The van der Waals surface area contributed by atoms with Gasteiger partial charge in [0.2, 0.25) is 5.95 Å². The van der Waals surface area contributed by atoms with Gasteiger partial charge in [-0.15, -0.1) is 13.2 Å². The maximum absolute atomic E-state index is 12.2. The van der Waals surface area contributed by atoms with Gasteiger partial charge in [-0.1, -0.05) is 18.2 Å². The minimum Gasteiger partial charge on any atom is -0.489 e. The third-order valence-electron chi connectivity index (χ3n) is 3.73. The molecule has 0 atom stereocenters. The molecule has 29 heavy (non-hydrogen) atoms. The van der Waals surface area contributed by atoms with E-state index in [-0.39, 0.29) is 29.7 Å². The van der Waals surface area contributed by atoms with Gasteiger partial charge in [-0.05, 0) is 35.9 Å². The van der Waals surface area contributed by atoms with Gasteiger partial charge >= 0.3 is 6.36 Å². The fourth-order valence-corrected chi connectivity index (χ4v) is 2.53. The first kappa shape index (κ1) is 19.8. The summed E-state index contributed by atoms with van der Waals surface area (Å²) >= 11 is 0. The predicted molar refractivity (Wildman–Crippen MR) is 98.5 cm³/mol. The van der Waals surface area contributed by atoms with E-state index in [0.717, 1.165) is 17.7 Å². The number of nitrogens with two attached hydrogens (primary N) is 2. The van der Waals surface area contributed by atoms with Crippen LogP contribution in [-0.4, -0.2) is 16.3 Å². The Kier molecular flexibility index (Phi) is 5.40. The summed E-state index contributed by atoms with van der Waals surface area (Å²) in [6.07, 6.45) is -4.75. The molecule has 1 heterocycles. The van der Waals surface area contributed by atoms with Crippen LogP contribution in [-0.2, 0) is 6.61 Å². The van der Waals surface area contributed by atoms with E-state index in [0.29, 0.717) is 17.0 Å². The number of aromatic nitrogens is 2. The number of hydrogen-bond acceptors (Lipinski definition) is 7. The number of alkyl halides is 3. The Hall–Kier alpha value is -4.00. The number of ether oxygens (including phenoxy) is 2. The number of anilines is 2. The lowest BCUT2D eigenvalue weighted by atomic mass is 10.0. The van der Waals surface area contributed by atoms with Crippen LogP contribution in [0, 0.1) is 11.3 Å². The average Bonchev–Trinajstić information content (AvgIpc) is 2.66. The molecule has 1 aromatic heterocycles. The Balaban J connectivity index is 1.76. The minimum absolute atomic E-state index is 0.0159. The quantitative estimate of drug-likeness (QED) is 0.669. The normalized spacial score (nSPS) is 11.0. The van der Waals surface area contributed by atoms with Crippen molar-refractivity contribution in [3.63, 3.8) is 0 Å². The lowest BCUT2D eigenvalue weighted by molar-refractivity contribution is -0.274. The SMILES string of the molecule is N#Cc1c(N)nc(N)nc1-c1cccc(COc2ccc(OC(F)(F)F)cc2)c1. The highest BCUT2D eigenvalue weighted by atomic mass is 19.4. The van der Waals surface area contributed by atoms with Crippen LogP contribution in [0.3, 0.4) is 0 Å². The van der Waals surface area contributed by atoms with Crippen LogP contribution in [0.5, 0.6) is 11.5 Å². The van der Waals surface area contributed by atoms with E-state index >= 15 is 0 Å². The molecule has 0 aliphatic rings. The van der Waals surface area contributed by atoms with Crippen LogP contribution in [0.25, 0.3) is 11.3 Å². The van der Waals surface area contributed by atoms with Gasteiger partial charge < -0.3 is 20.9 Å². The highest BCUT2D eigenvalue weighted by Gasteiger charge is 2.30. The van der Waals surface area contributed by atoms with Gasteiger partial charge in [-0.25, -0.2) is 4.98 Å². The molecule has 0 radical (unpaired) electrons. The second kappa shape index (κ2) is 7.93. The summed E-state index contributed by atoms with van der Waals surface area (Å²) < 4.78 is 46.0. The molecule has 0 bridgehead atoms. The second-order valence-electron chi connectivity index (χ2n) is 5.81. The topological polar surface area (TPSA) is 120 Å². The number of hydrogen-bond donors (Lipinski definition) is 2. The molecule has 0 aliphatic carbocycles. The predicted octanol–water partition coefficient (Wildman–Crippen LogP) is 3.66. The maximum Gasteiger partial charge on any atom is 0.573 e. The minimum atomic E-state index is -4.75. The molecule has 0 saturated carbocycles. The molecule has 0 fully saturated rings. The first-order valence-corrected chi connectivity index (χ1v) is 8.16. The summed E-state index contributed by atoms with van der Waals surface area (Å²) in [4.78, 5) is 7.87. The number of nitrogens with zero attached hydrogens (tertiary/aromatic N) is 3. The Labute approximate surface area is 163 Å². The van der Waals surface area contributed by atoms with Gasteiger partial charge in [0.15, 0.2) is 0 Å². The number of halogens is 3. The van der Waals surface area contributed by atoms with Crippen LogP contribution >= 0.6 is 0 Å². The molecule has 3 aromatic rings. The van der Waals surface area contributed by atoms with Gasteiger partial charge in [-0.3, -0.25) is 0 Å². The largest absolute Gasteiger partial charge is 0.573 e. The zero-order chi connectivity index (χ0) is 21.0. The van der Waals surface area contributed by atoms with E-state index < -0.39 is 6.36 Å². The highest BCUT2D eigenvalue weighted by molar-refractivity contribution is 5.73. The van der Waals surface area contributed by atoms with Crippen LogP contribution < -0.4 is 20.9 Å². The smallest absolute Gasteiger partial charge is 0.489 e. The average molecular weight is 401 g/mol. The molecule has 2 aromatic carbocycles. The zero-order valence-electron chi connectivity index (χ0n) is 14.8. The molecule has 3 rings (SSSR count). The van der Waals surface area contributed by atoms with Crippen molar-refractivity contribution in [2.24, 2.45) is 0 Å². The van der Waals surface area contributed by atoms with Crippen molar-refractivity contribution in [1.29, 1.82) is 5.26 Å². The molecule has 10 heteroatoms. The number of rotatable bonds is 5. The van der Waals surface area contributed by atoms with E-state index in [9.17, 15) is 18.4 Å². The Morgan fingerprint density at radius 1 is 1.00 bits per heavy atom. The molecule has 148 valence electrons. The van der Waals surface area contributed by atoms with Gasteiger partial charge in [0.1, 0.15) is 35.6 Å². The summed E-state index contributed by atoms with van der Waals surface area (Å²) in [5.74, 6) is -0.0508. The Morgan fingerprint density at radius 3 is 2.34 bits per heavy atom. The molecular formula is C19H14F3N5O2. The third-order valence-corrected chi connectivity index (χ3v) is 3.73. The first-order chi connectivity index (χ1) is 13.7. The van der Waals surface area contributed by atoms with Gasteiger partial charge in [0.05, 0.1) is 5.69 Å². The lowest BCUT2D eigenvalue weighted by Crippen LogP contribution is -2.16. The number of nitriles is 1. The highest BCUT2D eigenvalue weighted by Crippen LogP contribution is 2.27. The van der Waals surface area contributed by atoms with Crippen molar-refractivity contribution in [3.8, 4) is 28.8 Å².